The molecule has 1 rings (SSSR count). The Morgan fingerprint density at radius 1 is 1.25 bits per heavy atom. The molecule has 0 aromatic heterocycles. The van der Waals surface area contributed by atoms with E-state index in [2.05, 4.69) is 5.32 Å². The monoisotopic (exact) mass is 279 g/mol. The summed E-state index contributed by atoms with van der Waals surface area (Å²) in [7, 11) is 0. The summed E-state index contributed by atoms with van der Waals surface area (Å²) in [5.41, 5.74) is 0.556. The maximum absolute atomic E-state index is 12.1. The average molecular weight is 279 g/mol. The molecule has 5 heteroatoms. The number of carbonyl (C=O) groups excluding carboxylic acids is 2. The summed E-state index contributed by atoms with van der Waals surface area (Å²) in [4.78, 5) is 24.0. The summed E-state index contributed by atoms with van der Waals surface area (Å²) < 4.78 is 5.11. The number of Topliss-reactive ketones (excluding diaryl/α,β-unsaturated/α-hetero) is 1. The van der Waals surface area contributed by atoms with Gasteiger partial charge in [0.25, 0.3) is 0 Å². The molecule has 0 aliphatic rings. The van der Waals surface area contributed by atoms with Crippen molar-refractivity contribution in [2.45, 2.75) is 32.4 Å². The molecule has 0 heterocycles. The predicted octanol–water partition coefficient (Wildman–Crippen LogP) is 1.16. The van der Waals surface area contributed by atoms with Crippen molar-refractivity contribution in [3.05, 3.63) is 35.9 Å². The van der Waals surface area contributed by atoms with Crippen molar-refractivity contribution in [3.63, 3.8) is 0 Å². The first kappa shape index (κ1) is 16.3. The first-order chi connectivity index (χ1) is 9.54. The Bertz CT molecular complexity index is 431. The van der Waals surface area contributed by atoms with E-state index in [0.29, 0.717) is 5.56 Å². The van der Waals surface area contributed by atoms with Crippen molar-refractivity contribution in [1.29, 1.82) is 0 Å². The number of carbonyl (C=O) groups is 2. The molecule has 0 aliphatic heterocycles. The highest BCUT2D eigenvalue weighted by Crippen LogP contribution is 2.07. The number of nitrogens with one attached hydrogen (secondary N) is 1. The van der Waals surface area contributed by atoms with Crippen molar-refractivity contribution in [1.82, 2.24) is 5.32 Å². The Morgan fingerprint density at radius 3 is 2.45 bits per heavy atom. The molecular weight excluding hydrogens is 258 g/mol. The molecule has 0 radical (unpaired) electrons. The minimum Gasteiger partial charge on any atom is -0.462 e. The van der Waals surface area contributed by atoms with Crippen LogP contribution in [0.4, 0.5) is 0 Å². The maximum atomic E-state index is 12.1. The Kier molecular flexibility index (Phi) is 6.90. The van der Waals surface area contributed by atoms with E-state index in [1.165, 1.54) is 0 Å². The lowest BCUT2D eigenvalue weighted by Gasteiger charge is -2.18. The van der Waals surface area contributed by atoms with Crippen LogP contribution in [-0.2, 0) is 9.53 Å². The molecule has 0 spiro atoms. The molecule has 1 unspecified atom stereocenters. The molecule has 0 bridgehead atoms. The van der Waals surface area contributed by atoms with Gasteiger partial charge in [-0.15, -0.1) is 0 Å². The molecule has 5 nitrogen and oxygen atoms in total. The van der Waals surface area contributed by atoms with Gasteiger partial charge in [0.05, 0.1) is 12.7 Å². The molecule has 1 aromatic carbocycles. The Hall–Kier alpha value is -1.72. The molecule has 0 amide bonds. The number of ether oxygens (including phenoxy) is 1. The number of aliphatic hydroxyl groups excluding tert-OH is 1. The van der Waals surface area contributed by atoms with Gasteiger partial charge in [0.2, 0.25) is 0 Å². The molecule has 110 valence electrons. The molecule has 1 aromatic rings. The number of ketones is 1. The fourth-order valence-corrected chi connectivity index (χ4v) is 1.72. The second-order valence-electron chi connectivity index (χ2n) is 4.71. The van der Waals surface area contributed by atoms with E-state index in [4.69, 9.17) is 9.84 Å². The second-order valence-corrected chi connectivity index (χ2v) is 4.71. The van der Waals surface area contributed by atoms with Crippen LogP contribution in [0.3, 0.4) is 0 Å². The molecular formula is C15H21NO4. The molecule has 0 saturated carbocycles. The Morgan fingerprint density at radius 2 is 1.90 bits per heavy atom. The summed E-state index contributed by atoms with van der Waals surface area (Å²) in [5, 5.41) is 11.7. The van der Waals surface area contributed by atoms with Crippen LogP contribution in [0.1, 0.15) is 30.6 Å². The van der Waals surface area contributed by atoms with Gasteiger partial charge in [-0.05, 0) is 13.8 Å². The molecule has 2 N–H and O–H groups in total. The quantitative estimate of drug-likeness (QED) is 0.552. The lowest BCUT2D eigenvalue weighted by atomic mass is 10.0. The largest absolute Gasteiger partial charge is 0.462 e. The highest BCUT2D eigenvalue weighted by Gasteiger charge is 2.24. The van der Waals surface area contributed by atoms with E-state index in [9.17, 15) is 9.59 Å². The van der Waals surface area contributed by atoms with E-state index in [0.717, 1.165) is 0 Å². The van der Waals surface area contributed by atoms with Crippen LogP contribution in [0.2, 0.25) is 0 Å². The third-order valence-electron chi connectivity index (χ3n) is 2.62. The number of benzene rings is 1. The Labute approximate surface area is 118 Å². The lowest BCUT2D eigenvalue weighted by Crippen LogP contribution is -2.42. The van der Waals surface area contributed by atoms with Crippen LogP contribution in [0.15, 0.2) is 30.3 Å². The fraction of sp³-hybridized carbons (Fsp3) is 0.467. The zero-order chi connectivity index (χ0) is 15.0. The van der Waals surface area contributed by atoms with Crippen LogP contribution in [0.25, 0.3) is 0 Å². The smallest absolute Gasteiger partial charge is 0.323 e. The first-order valence-corrected chi connectivity index (χ1v) is 6.67. The third-order valence-corrected chi connectivity index (χ3v) is 2.62. The van der Waals surface area contributed by atoms with Gasteiger partial charge in [0.15, 0.2) is 5.78 Å². The minimum absolute atomic E-state index is 0.00949. The summed E-state index contributed by atoms with van der Waals surface area (Å²) in [6, 6.07) is 8.05. The van der Waals surface area contributed by atoms with Crippen molar-refractivity contribution in [2.75, 3.05) is 13.2 Å². The van der Waals surface area contributed by atoms with Crippen LogP contribution in [0.5, 0.6) is 0 Å². The van der Waals surface area contributed by atoms with E-state index in [-0.39, 0.29) is 31.5 Å². The highest BCUT2D eigenvalue weighted by atomic mass is 16.5. The van der Waals surface area contributed by atoms with Gasteiger partial charge in [0, 0.05) is 18.5 Å². The highest BCUT2D eigenvalue weighted by molar-refractivity contribution is 5.98. The van der Waals surface area contributed by atoms with Gasteiger partial charge in [0.1, 0.15) is 6.04 Å². The SMILES string of the molecule is CC(C)OC(=O)C(CC(=O)c1ccccc1)NCCO. The van der Waals surface area contributed by atoms with Gasteiger partial charge in [-0.1, -0.05) is 30.3 Å². The molecule has 0 fully saturated rings. The van der Waals surface area contributed by atoms with Crippen molar-refractivity contribution in [3.8, 4) is 0 Å². The third kappa shape index (κ3) is 5.50. The number of hydrogen-bond donors (Lipinski definition) is 2. The zero-order valence-electron chi connectivity index (χ0n) is 11.8. The van der Waals surface area contributed by atoms with Crippen molar-refractivity contribution in [2.24, 2.45) is 0 Å². The van der Waals surface area contributed by atoms with Crippen molar-refractivity contribution < 1.29 is 19.4 Å². The Balaban J connectivity index is 2.68. The number of esters is 1. The average Bonchev–Trinajstić information content (AvgIpc) is 2.43. The summed E-state index contributed by atoms with van der Waals surface area (Å²) in [6.45, 7) is 3.63. The van der Waals surface area contributed by atoms with Gasteiger partial charge < -0.3 is 15.2 Å². The van der Waals surface area contributed by atoms with E-state index < -0.39 is 12.0 Å². The van der Waals surface area contributed by atoms with Crippen LogP contribution in [0, 0.1) is 0 Å². The zero-order valence-corrected chi connectivity index (χ0v) is 11.8. The fourth-order valence-electron chi connectivity index (χ4n) is 1.72. The normalized spacial score (nSPS) is 12.2. The molecule has 0 saturated heterocycles. The van der Waals surface area contributed by atoms with E-state index >= 15 is 0 Å². The maximum Gasteiger partial charge on any atom is 0.323 e. The van der Waals surface area contributed by atoms with Crippen LogP contribution in [-0.4, -0.2) is 42.2 Å². The molecule has 1 atom stereocenters. The van der Waals surface area contributed by atoms with E-state index in [1.807, 2.05) is 6.07 Å². The van der Waals surface area contributed by atoms with Crippen LogP contribution >= 0.6 is 0 Å². The number of rotatable bonds is 8. The molecule has 0 aliphatic carbocycles. The molecule has 20 heavy (non-hydrogen) atoms. The summed E-state index contributed by atoms with van der Waals surface area (Å²) >= 11 is 0. The summed E-state index contributed by atoms with van der Waals surface area (Å²) in [6.07, 6.45) is -0.233. The van der Waals surface area contributed by atoms with Gasteiger partial charge in [-0.25, -0.2) is 0 Å². The number of hydrogen-bond acceptors (Lipinski definition) is 5. The minimum atomic E-state index is -0.739. The van der Waals surface area contributed by atoms with Crippen LogP contribution < -0.4 is 5.32 Å². The van der Waals surface area contributed by atoms with Crippen molar-refractivity contribution >= 4 is 11.8 Å². The summed E-state index contributed by atoms with van der Waals surface area (Å²) in [5.74, 6) is -0.612. The number of aliphatic hydroxyl groups is 1. The van der Waals surface area contributed by atoms with E-state index in [1.54, 1.807) is 38.1 Å². The first-order valence-electron chi connectivity index (χ1n) is 6.67. The second kappa shape index (κ2) is 8.45. The standard InChI is InChI=1S/C15H21NO4/c1-11(2)20-15(19)13(16-8-9-17)10-14(18)12-6-4-3-5-7-12/h3-7,11,13,16-17H,8-10H2,1-2H3. The topological polar surface area (TPSA) is 75.6 Å². The van der Waals surface area contributed by atoms with Gasteiger partial charge in [-0.3, -0.25) is 9.59 Å². The van der Waals surface area contributed by atoms with Gasteiger partial charge in [-0.2, -0.15) is 0 Å². The predicted molar refractivity (Wildman–Crippen MR) is 75.5 cm³/mol. The van der Waals surface area contributed by atoms with Gasteiger partial charge >= 0.3 is 5.97 Å². The lowest BCUT2D eigenvalue weighted by molar-refractivity contribution is -0.149.